The summed E-state index contributed by atoms with van der Waals surface area (Å²) in [6.07, 6.45) is 0.449. The molecule has 0 fully saturated rings. The minimum Gasteiger partial charge on any atom is -0.302 e. The SMILES string of the molecule is C[C@@H](CC(=O)Nc1nc(-c2ccccc2)cs1)c1ccccc1. The molecule has 0 saturated heterocycles. The second-order valence-electron chi connectivity index (χ2n) is 5.47. The standard InChI is InChI=1S/C19H18N2OS/c1-14(15-8-4-2-5-9-15)12-18(22)21-19-20-17(13-23-19)16-10-6-3-7-11-16/h2-11,13-14H,12H2,1H3,(H,20,21,22)/t14-/m0/s1. The average Bonchev–Trinajstić information content (AvgIpc) is 3.04. The van der Waals surface area contributed by atoms with Gasteiger partial charge in [0.05, 0.1) is 5.69 Å². The molecular formula is C19H18N2OS. The van der Waals surface area contributed by atoms with E-state index in [-0.39, 0.29) is 11.8 Å². The summed E-state index contributed by atoms with van der Waals surface area (Å²) < 4.78 is 0. The molecule has 1 aromatic heterocycles. The van der Waals surface area contributed by atoms with E-state index in [0.717, 1.165) is 11.3 Å². The van der Waals surface area contributed by atoms with Gasteiger partial charge in [-0.3, -0.25) is 4.79 Å². The number of benzene rings is 2. The topological polar surface area (TPSA) is 42.0 Å². The van der Waals surface area contributed by atoms with Crippen molar-refractivity contribution in [2.75, 3.05) is 5.32 Å². The van der Waals surface area contributed by atoms with Gasteiger partial charge in [0.25, 0.3) is 0 Å². The number of rotatable bonds is 5. The van der Waals surface area contributed by atoms with Crippen LogP contribution in [0.15, 0.2) is 66.0 Å². The monoisotopic (exact) mass is 322 g/mol. The van der Waals surface area contributed by atoms with Gasteiger partial charge in [-0.15, -0.1) is 11.3 Å². The van der Waals surface area contributed by atoms with Gasteiger partial charge in [-0.1, -0.05) is 67.6 Å². The predicted octanol–water partition coefficient (Wildman–Crippen LogP) is 4.94. The summed E-state index contributed by atoms with van der Waals surface area (Å²) in [5.74, 6) is 0.181. The highest BCUT2D eigenvalue weighted by Crippen LogP contribution is 2.25. The maximum Gasteiger partial charge on any atom is 0.226 e. The van der Waals surface area contributed by atoms with Gasteiger partial charge in [-0.05, 0) is 11.5 Å². The fourth-order valence-electron chi connectivity index (χ4n) is 2.42. The van der Waals surface area contributed by atoms with E-state index in [9.17, 15) is 4.79 Å². The highest BCUT2D eigenvalue weighted by molar-refractivity contribution is 7.14. The Kier molecular flexibility index (Phi) is 4.83. The van der Waals surface area contributed by atoms with Crippen LogP contribution in [-0.4, -0.2) is 10.9 Å². The van der Waals surface area contributed by atoms with E-state index in [0.29, 0.717) is 11.6 Å². The van der Waals surface area contributed by atoms with Gasteiger partial charge < -0.3 is 5.32 Å². The summed E-state index contributed by atoms with van der Waals surface area (Å²) in [6.45, 7) is 2.06. The number of thiazole rings is 1. The maximum absolute atomic E-state index is 12.2. The smallest absolute Gasteiger partial charge is 0.226 e. The molecule has 116 valence electrons. The van der Waals surface area contributed by atoms with Crippen molar-refractivity contribution in [1.29, 1.82) is 0 Å². The number of nitrogens with one attached hydrogen (secondary N) is 1. The zero-order valence-electron chi connectivity index (χ0n) is 12.9. The largest absolute Gasteiger partial charge is 0.302 e. The van der Waals surface area contributed by atoms with Crippen molar-refractivity contribution in [3.63, 3.8) is 0 Å². The van der Waals surface area contributed by atoms with E-state index in [1.807, 2.05) is 53.9 Å². The minimum absolute atomic E-state index is 0.00434. The third-order valence-corrected chi connectivity index (χ3v) is 4.44. The van der Waals surface area contributed by atoms with Crippen LogP contribution in [0.25, 0.3) is 11.3 Å². The van der Waals surface area contributed by atoms with Gasteiger partial charge in [0.1, 0.15) is 0 Å². The van der Waals surface area contributed by atoms with Crippen LogP contribution in [0.5, 0.6) is 0 Å². The molecule has 1 amide bonds. The third kappa shape index (κ3) is 4.05. The lowest BCUT2D eigenvalue weighted by Crippen LogP contribution is -2.14. The van der Waals surface area contributed by atoms with Crippen molar-refractivity contribution < 1.29 is 4.79 Å². The fourth-order valence-corrected chi connectivity index (χ4v) is 3.16. The molecule has 4 heteroatoms. The van der Waals surface area contributed by atoms with Crippen LogP contribution < -0.4 is 5.32 Å². The Bertz CT molecular complexity index is 768. The molecular weight excluding hydrogens is 304 g/mol. The summed E-state index contributed by atoms with van der Waals surface area (Å²) in [6, 6.07) is 20.0. The van der Waals surface area contributed by atoms with Crippen LogP contribution in [-0.2, 0) is 4.79 Å². The molecule has 3 aromatic rings. The van der Waals surface area contributed by atoms with E-state index in [2.05, 4.69) is 29.4 Å². The van der Waals surface area contributed by atoms with Crippen molar-refractivity contribution in [3.05, 3.63) is 71.6 Å². The number of carbonyl (C=O) groups excluding carboxylic acids is 1. The normalized spacial score (nSPS) is 11.9. The van der Waals surface area contributed by atoms with Gasteiger partial charge in [0.15, 0.2) is 5.13 Å². The number of hydrogen-bond donors (Lipinski definition) is 1. The number of carbonyl (C=O) groups is 1. The first kappa shape index (κ1) is 15.4. The van der Waals surface area contributed by atoms with Gasteiger partial charge >= 0.3 is 0 Å². The molecule has 0 radical (unpaired) electrons. The summed E-state index contributed by atoms with van der Waals surface area (Å²) in [4.78, 5) is 16.7. The number of amides is 1. The molecule has 0 aliphatic heterocycles. The van der Waals surface area contributed by atoms with Crippen LogP contribution >= 0.6 is 11.3 Å². The second kappa shape index (κ2) is 7.20. The minimum atomic E-state index is -0.00434. The molecule has 1 heterocycles. The average molecular weight is 322 g/mol. The molecule has 0 aliphatic rings. The highest BCUT2D eigenvalue weighted by atomic mass is 32.1. The van der Waals surface area contributed by atoms with Crippen molar-refractivity contribution in [2.45, 2.75) is 19.3 Å². The first-order chi connectivity index (χ1) is 11.2. The zero-order valence-corrected chi connectivity index (χ0v) is 13.7. The van der Waals surface area contributed by atoms with E-state index < -0.39 is 0 Å². The molecule has 1 atom stereocenters. The molecule has 1 N–H and O–H groups in total. The number of nitrogens with zero attached hydrogens (tertiary/aromatic N) is 1. The summed E-state index contributed by atoms with van der Waals surface area (Å²) in [7, 11) is 0. The van der Waals surface area contributed by atoms with Gasteiger partial charge in [0, 0.05) is 17.4 Å². The van der Waals surface area contributed by atoms with Crippen molar-refractivity contribution in [1.82, 2.24) is 4.98 Å². The van der Waals surface area contributed by atoms with E-state index in [4.69, 9.17) is 0 Å². The van der Waals surface area contributed by atoms with Crippen LogP contribution in [0.3, 0.4) is 0 Å². The first-order valence-electron chi connectivity index (χ1n) is 7.58. The Morgan fingerprint density at radius 1 is 1.09 bits per heavy atom. The number of hydrogen-bond acceptors (Lipinski definition) is 3. The third-order valence-electron chi connectivity index (χ3n) is 3.68. The van der Waals surface area contributed by atoms with Gasteiger partial charge in [-0.25, -0.2) is 4.98 Å². The molecule has 0 saturated carbocycles. The van der Waals surface area contributed by atoms with Crippen molar-refractivity contribution >= 4 is 22.4 Å². The second-order valence-corrected chi connectivity index (χ2v) is 6.33. The predicted molar refractivity (Wildman–Crippen MR) is 95.7 cm³/mol. The lowest BCUT2D eigenvalue weighted by molar-refractivity contribution is -0.116. The highest BCUT2D eigenvalue weighted by Gasteiger charge is 2.13. The van der Waals surface area contributed by atoms with Crippen molar-refractivity contribution in [2.24, 2.45) is 0 Å². The maximum atomic E-state index is 12.2. The van der Waals surface area contributed by atoms with E-state index in [1.54, 1.807) is 0 Å². The summed E-state index contributed by atoms with van der Waals surface area (Å²) in [5, 5.41) is 5.51. The van der Waals surface area contributed by atoms with Crippen LogP contribution in [0.4, 0.5) is 5.13 Å². The molecule has 3 rings (SSSR count). The quantitative estimate of drug-likeness (QED) is 0.722. The number of anilines is 1. The van der Waals surface area contributed by atoms with Crippen LogP contribution in [0, 0.1) is 0 Å². The Morgan fingerprint density at radius 3 is 2.43 bits per heavy atom. The van der Waals surface area contributed by atoms with Crippen LogP contribution in [0.2, 0.25) is 0 Å². The Morgan fingerprint density at radius 2 is 1.74 bits per heavy atom. The molecule has 0 aliphatic carbocycles. The van der Waals surface area contributed by atoms with E-state index in [1.165, 1.54) is 16.9 Å². The lowest BCUT2D eigenvalue weighted by Gasteiger charge is -2.10. The molecule has 3 nitrogen and oxygen atoms in total. The first-order valence-corrected chi connectivity index (χ1v) is 8.46. The van der Waals surface area contributed by atoms with Crippen LogP contribution in [0.1, 0.15) is 24.8 Å². The molecule has 0 bridgehead atoms. The fraction of sp³-hybridized carbons (Fsp3) is 0.158. The Hall–Kier alpha value is -2.46. The molecule has 0 spiro atoms. The number of aromatic nitrogens is 1. The zero-order chi connectivity index (χ0) is 16.1. The molecule has 23 heavy (non-hydrogen) atoms. The Balaban J connectivity index is 1.61. The van der Waals surface area contributed by atoms with E-state index >= 15 is 0 Å². The lowest BCUT2D eigenvalue weighted by atomic mass is 9.98. The summed E-state index contributed by atoms with van der Waals surface area (Å²) >= 11 is 1.45. The molecule has 2 aromatic carbocycles. The van der Waals surface area contributed by atoms with Crippen molar-refractivity contribution in [3.8, 4) is 11.3 Å². The van der Waals surface area contributed by atoms with Gasteiger partial charge in [0.2, 0.25) is 5.91 Å². The summed E-state index contributed by atoms with van der Waals surface area (Å²) in [5.41, 5.74) is 3.12. The van der Waals surface area contributed by atoms with Gasteiger partial charge in [-0.2, -0.15) is 0 Å². The Labute approximate surface area is 140 Å². The molecule has 0 unspecified atom stereocenters.